The fourth-order valence-electron chi connectivity index (χ4n) is 3.60. The van der Waals surface area contributed by atoms with E-state index < -0.39 is 0 Å². The number of rotatable bonds is 1. The number of hydrogen-bond donors (Lipinski definition) is 2. The van der Waals surface area contributed by atoms with Crippen molar-refractivity contribution >= 4 is 0 Å². The zero-order chi connectivity index (χ0) is 11.1. The molecule has 3 unspecified atom stereocenters. The summed E-state index contributed by atoms with van der Waals surface area (Å²) in [6.45, 7) is 3.41. The summed E-state index contributed by atoms with van der Waals surface area (Å²) in [6.07, 6.45) is 3.58. The highest BCUT2D eigenvalue weighted by molar-refractivity contribution is 5.41. The summed E-state index contributed by atoms with van der Waals surface area (Å²) in [5.41, 5.74) is 2.84. The molecule has 2 N–H and O–H groups in total. The van der Waals surface area contributed by atoms with Crippen molar-refractivity contribution < 1.29 is 5.11 Å². The van der Waals surface area contributed by atoms with Gasteiger partial charge >= 0.3 is 0 Å². The van der Waals surface area contributed by atoms with Crippen LogP contribution in [0.1, 0.15) is 36.8 Å². The third-order valence-corrected chi connectivity index (χ3v) is 4.34. The highest BCUT2D eigenvalue weighted by Gasteiger charge is 2.37. The zero-order valence-electron chi connectivity index (χ0n) is 9.74. The van der Waals surface area contributed by atoms with Crippen molar-refractivity contribution in [2.24, 2.45) is 5.92 Å². The first-order valence-electron chi connectivity index (χ1n) is 6.34. The molecule has 3 atom stereocenters. The maximum atomic E-state index is 9.63. The molecule has 1 aromatic carbocycles. The molecule has 0 amide bonds. The van der Waals surface area contributed by atoms with Crippen LogP contribution in [0, 0.1) is 5.92 Å². The fourth-order valence-corrected chi connectivity index (χ4v) is 3.60. The Morgan fingerprint density at radius 3 is 3.12 bits per heavy atom. The number of benzene rings is 1. The number of phenols is 1. The van der Waals surface area contributed by atoms with E-state index in [4.69, 9.17) is 0 Å². The van der Waals surface area contributed by atoms with Crippen molar-refractivity contribution in [3.63, 3.8) is 0 Å². The molecule has 1 aromatic rings. The van der Waals surface area contributed by atoms with E-state index in [1.54, 1.807) is 0 Å². The van der Waals surface area contributed by atoms with E-state index in [2.05, 4.69) is 18.3 Å². The minimum Gasteiger partial charge on any atom is -0.508 e. The van der Waals surface area contributed by atoms with E-state index in [0.717, 1.165) is 18.9 Å². The lowest BCUT2D eigenvalue weighted by Gasteiger charge is -2.44. The second kappa shape index (κ2) is 3.77. The largest absolute Gasteiger partial charge is 0.508 e. The first kappa shape index (κ1) is 10.2. The van der Waals surface area contributed by atoms with Gasteiger partial charge < -0.3 is 10.4 Å². The monoisotopic (exact) mass is 217 g/mol. The van der Waals surface area contributed by atoms with Gasteiger partial charge in [0, 0.05) is 6.04 Å². The van der Waals surface area contributed by atoms with Gasteiger partial charge in [0.25, 0.3) is 0 Å². The lowest BCUT2D eigenvalue weighted by molar-refractivity contribution is 0.217. The topological polar surface area (TPSA) is 32.3 Å². The number of aromatic hydroxyl groups is 1. The Morgan fingerprint density at radius 2 is 2.31 bits per heavy atom. The molecule has 1 aliphatic carbocycles. The van der Waals surface area contributed by atoms with Crippen LogP contribution in [0.3, 0.4) is 0 Å². The molecule has 86 valence electrons. The number of phenolic OH excluding ortho intramolecular Hbond substituents is 1. The molecule has 2 heteroatoms. The number of hydrogen-bond acceptors (Lipinski definition) is 2. The lowest BCUT2D eigenvalue weighted by atomic mass is 9.68. The van der Waals surface area contributed by atoms with Crippen molar-refractivity contribution in [2.45, 2.75) is 38.1 Å². The molecule has 3 rings (SSSR count). The van der Waals surface area contributed by atoms with E-state index in [1.165, 1.54) is 24.0 Å². The van der Waals surface area contributed by atoms with E-state index >= 15 is 0 Å². The molecule has 0 aromatic heterocycles. The second-order valence-corrected chi connectivity index (χ2v) is 5.12. The summed E-state index contributed by atoms with van der Waals surface area (Å²) in [7, 11) is 0. The number of nitrogens with one attached hydrogen (secondary N) is 1. The van der Waals surface area contributed by atoms with Crippen LogP contribution in [0.4, 0.5) is 0 Å². The zero-order valence-corrected chi connectivity index (χ0v) is 9.74. The summed E-state index contributed by atoms with van der Waals surface area (Å²) in [5, 5.41) is 13.3. The summed E-state index contributed by atoms with van der Waals surface area (Å²) in [6, 6.07) is 6.56. The van der Waals surface area contributed by atoms with Gasteiger partial charge in [-0.05, 0) is 54.5 Å². The van der Waals surface area contributed by atoms with Crippen molar-refractivity contribution in [1.82, 2.24) is 5.32 Å². The molecule has 2 aliphatic rings. The lowest BCUT2D eigenvalue weighted by Crippen LogP contribution is -2.49. The van der Waals surface area contributed by atoms with Gasteiger partial charge in [-0.15, -0.1) is 0 Å². The quantitative estimate of drug-likeness (QED) is 0.757. The minimum atomic E-state index is 0.422. The SMILES string of the molecule is CCC1C2Cc3ccc(O)cc3C1CCN2. The van der Waals surface area contributed by atoms with E-state index in [9.17, 15) is 5.11 Å². The summed E-state index contributed by atoms with van der Waals surface area (Å²) >= 11 is 0. The van der Waals surface area contributed by atoms with Crippen LogP contribution >= 0.6 is 0 Å². The molecule has 1 saturated heterocycles. The average Bonchev–Trinajstić information content (AvgIpc) is 2.29. The van der Waals surface area contributed by atoms with Gasteiger partial charge in [-0.2, -0.15) is 0 Å². The number of piperidine rings is 1. The Hall–Kier alpha value is -1.02. The van der Waals surface area contributed by atoms with Crippen molar-refractivity contribution in [2.75, 3.05) is 6.54 Å². The molecule has 2 nitrogen and oxygen atoms in total. The van der Waals surface area contributed by atoms with Crippen molar-refractivity contribution in [1.29, 1.82) is 0 Å². The fraction of sp³-hybridized carbons (Fsp3) is 0.571. The van der Waals surface area contributed by atoms with Gasteiger partial charge in [-0.1, -0.05) is 19.4 Å². The highest BCUT2D eigenvalue weighted by Crippen LogP contribution is 2.43. The van der Waals surface area contributed by atoms with Crippen molar-refractivity contribution in [3.8, 4) is 5.75 Å². The predicted molar refractivity (Wildman–Crippen MR) is 64.7 cm³/mol. The molecule has 1 aliphatic heterocycles. The third-order valence-electron chi connectivity index (χ3n) is 4.34. The standard InChI is InChI=1S/C14H19NO/c1-2-11-12-5-6-15-14(11)7-9-3-4-10(16)8-13(9)12/h3-4,8,11-12,14-16H,2,5-7H2,1H3. The van der Waals surface area contributed by atoms with Crippen LogP contribution in [-0.2, 0) is 6.42 Å². The molecular formula is C14H19NO. The normalized spacial score (nSPS) is 32.2. The molecule has 1 heterocycles. The Bertz CT molecular complexity index is 402. The molecule has 0 saturated carbocycles. The smallest absolute Gasteiger partial charge is 0.115 e. The first-order chi connectivity index (χ1) is 7.79. The van der Waals surface area contributed by atoms with E-state index in [-0.39, 0.29) is 0 Å². The Morgan fingerprint density at radius 1 is 1.44 bits per heavy atom. The maximum Gasteiger partial charge on any atom is 0.115 e. The van der Waals surface area contributed by atoms with Crippen LogP contribution < -0.4 is 5.32 Å². The second-order valence-electron chi connectivity index (χ2n) is 5.12. The summed E-state index contributed by atoms with van der Waals surface area (Å²) in [4.78, 5) is 0. The molecule has 1 fully saturated rings. The molecule has 16 heavy (non-hydrogen) atoms. The molecule has 0 radical (unpaired) electrons. The van der Waals surface area contributed by atoms with Gasteiger partial charge in [0.15, 0.2) is 0 Å². The van der Waals surface area contributed by atoms with Crippen molar-refractivity contribution in [3.05, 3.63) is 29.3 Å². The Balaban J connectivity index is 2.06. The van der Waals surface area contributed by atoms with Crippen LogP contribution in [0.25, 0.3) is 0 Å². The minimum absolute atomic E-state index is 0.422. The van der Waals surface area contributed by atoms with E-state index in [0.29, 0.717) is 17.7 Å². The van der Waals surface area contributed by atoms with Crippen LogP contribution in [-0.4, -0.2) is 17.7 Å². The van der Waals surface area contributed by atoms with Gasteiger partial charge in [-0.3, -0.25) is 0 Å². The van der Waals surface area contributed by atoms with Gasteiger partial charge in [0.2, 0.25) is 0 Å². The Labute approximate surface area is 96.7 Å². The van der Waals surface area contributed by atoms with Gasteiger partial charge in [0.1, 0.15) is 5.75 Å². The summed E-state index contributed by atoms with van der Waals surface area (Å²) < 4.78 is 0. The highest BCUT2D eigenvalue weighted by atomic mass is 16.3. The van der Waals surface area contributed by atoms with Gasteiger partial charge in [-0.25, -0.2) is 0 Å². The van der Waals surface area contributed by atoms with Gasteiger partial charge in [0.05, 0.1) is 0 Å². The molecule has 2 bridgehead atoms. The Kier molecular flexibility index (Phi) is 2.40. The van der Waals surface area contributed by atoms with Crippen LogP contribution in [0.15, 0.2) is 18.2 Å². The molecular weight excluding hydrogens is 198 g/mol. The predicted octanol–water partition coefficient (Wildman–Crippen LogP) is 2.42. The number of fused-ring (bicyclic) bond motifs is 4. The maximum absolute atomic E-state index is 9.63. The van der Waals surface area contributed by atoms with E-state index in [1.807, 2.05) is 12.1 Å². The average molecular weight is 217 g/mol. The molecule has 0 spiro atoms. The van der Waals surface area contributed by atoms with Crippen LogP contribution in [0.5, 0.6) is 5.75 Å². The third kappa shape index (κ3) is 1.44. The van der Waals surface area contributed by atoms with Crippen LogP contribution in [0.2, 0.25) is 0 Å². The summed E-state index contributed by atoms with van der Waals surface area (Å²) in [5.74, 6) is 1.83. The first-order valence-corrected chi connectivity index (χ1v) is 6.34.